The Labute approximate surface area is 159 Å². The fourth-order valence-electron chi connectivity index (χ4n) is 2.75. The third-order valence-electron chi connectivity index (χ3n) is 4.31. The fourth-order valence-corrected chi connectivity index (χ4v) is 3.83. The van der Waals surface area contributed by atoms with E-state index in [2.05, 4.69) is 9.46 Å². The number of benzene rings is 2. The summed E-state index contributed by atoms with van der Waals surface area (Å²) in [5.74, 6) is -0.537. The lowest BCUT2D eigenvalue weighted by atomic mass is 10.2. The number of aromatic nitrogens is 2. The Bertz CT molecular complexity index is 1300. The maximum Gasteiger partial charge on any atom is 0.337 e. The van der Waals surface area contributed by atoms with Crippen LogP contribution in [0.4, 0.5) is 5.69 Å². The second kappa shape index (κ2) is 6.97. The van der Waals surface area contributed by atoms with Gasteiger partial charge in [-0.05, 0) is 42.5 Å². The number of carbonyl (C=O) groups excluding carboxylic acids is 1. The van der Waals surface area contributed by atoms with Gasteiger partial charge < -0.3 is 4.74 Å². The number of nitrogens with one attached hydrogen (secondary N) is 1. The summed E-state index contributed by atoms with van der Waals surface area (Å²) in [6.07, 6.45) is 0. The number of ether oxygens (including phenoxy) is 1. The zero-order chi connectivity index (χ0) is 20.6. The summed E-state index contributed by atoms with van der Waals surface area (Å²) in [6, 6.07) is 9.65. The predicted molar refractivity (Wildman–Crippen MR) is 103 cm³/mol. The zero-order valence-electron chi connectivity index (χ0n) is 15.3. The van der Waals surface area contributed by atoms with Crippen LogP contribution < -0.4 is 16.0 Å². The summed E-state index contributed by atoms with van der Waals surface area (Å²) >= 11 is 0. The van der Waals surface area contributed by atoms with Crippen LogP contribution in [-0.2, 0) is 28.9 Å². The van der Waals surface area contributed by atoms with Crippen molar-refractivity contribution >= 4 is 32.6 Å². The minimum Gasteiger partial charge on any atom is -0.465 e. The lowest BCUT2D eigenvalue weighted by Crippen LogP contribution is -2.37. The Hall–Kier alpha value is -3.40. The van der Waals surface area contributed by atoms with Crippen molar-refractivity contribution < 1.29 is 17.9 Å². The largest absolute Gasteiger partial charge is 0.465 e. The average molecular weight is 403 g/mol. The number of hydrogen-bond donors (Lipinski definition) is 1. The van der Waals surface area contributed by atoms with Gasteiger partial charge in [0.2, 0.25) is 0 Å². The molecule has 0 aliphatic heterocycles. The van der Waals surface area contributed by atoms with E-state index in [1.54, 1.807) is 0 Å². The third kappa shape index (κ3) is 3.29. The minimum atomic E-state index is -4.00. The highest BCUT2D eigenvalue weighted by atomic mass is 32.2. The summed E-state index contributed by atoms with van der Waals surface area (Å²) in [5.41, 5.74) is -0.245. The molecule has 0 unspecified atom stereocenters. The van der Waals surface area contributed by atoms with Crippen LogP contribution >= 0.6 is 0 Å². The predicted octanol–water partition coefficient (Wildman–Crippen LogP) is 0.825. The highest BCUT2D eigenvalue weighted by Gasteiger charge is 2.18. The van der Waals surface area contributed by atoms with Crippen molar-refractivity contribution in [3.05, 3.63) is 68.9 Å². The number of hydrogen-bond acceptors (Lipinski definition) is 6. The van der Waals surface area contributed by atoms with E-state index in [0.717, 1.165) is 4.57 Å². The highest BCUT2D eigenvalue weighted by Crippen LogP contribution is 2.19. The molecular weight excluding hydrogens is 386 g/mol. The van der Waals surface area contributed by atoms with E-state index >= 15 is 0 Å². The molecule has 1 N–H and O–H groups in total. The van der Waals surface area contributed by atoms with Crippen LogP contribution in [0, 0.1) is 0 Å². The molecule has 0 radical (unpaired) electrons. The molecule has 146 valence electrons. The Morgan fingerprint density at radius 1 is 1.00 bits per heavy atom. The molecule has 28 heavy (non-hydrogen) atoms. The molecule has 0 bridgehead atoms. The number of sulfonamides is 1. The van der Waals surface area contributed by atoms with Gasteiger partial charge in [0.05, 0.1) is 28.5 Å². The molecule has 0 saturated carbocycles. The number of methoxy groups -OCH3 is 1. The molecular formula is C18H17N3O6S. The topological polar surface area (TPSA) is 116 Å². The second-order valence-corrected chi connectivity index (χ2v) is 7.74. The Kier molecular flexibility index (Phi) is 4.82. The quantitative estimate of drug-likeness (QED) is 0.645. The molecule has 3 rings (SSSR count). The number of aryl methyl sites for hydroxylation is 1. The molecule has 0 amide bonds. The van der Waals surface area contributed by atoms with Crippen molar-refractivity contribution in [1.29, 1.82) is 0 Å². The van der Waals surface area contributed by atoms with E-state index in [1.165, 1.54) is 68.2 Å². The van der Waals surface area contributed by atoms with Crippen LogP contribution in [0.15, 0.2) is 56.9 Å². The molecule has 0 aliphatic carbocycles. The monoisotopic (exact) mass is 403 g/mol. The normalized spacial score (nSPS) is 11.4. The molecule has 1 aromatic heterocycles. The van der Waals surface area contributed by atoms with Crippen molar-refractivity contribution in [3.63, 3.8) is 0 Å². The van der Waals surface area contributed by atoms with Crippen LogP contribution in [0.25, 0.3) is 10.9 Å². The summed E-state index contributed by atoms with van der Waals surface area (Å²) in [7, 11) is 0.0762. The SMILES string of the molecule is COC(=O)c1ccc(NS(=O)(=O)c2ccc3c(c2)c(=O)n(C)c(=O)n3C)cc1. The number of anilines is 1. The van der Waals surface area contributed by atoms with Gasteiger partial charge in [0, 0.05) is 19.8 Å². The van der Waals surface area contributed by atoms with Crippen LogP contribution in [0.2, 0.25) is 0 Å². The number of nitrogens with zero attached hydrogens (tertiary/aromatic N) is 2. The molecule has 0 fully saturated rings. The molecule has 0 atom stereocenters. The van der Waals surface area contributed by atoms with Gasteiger partial charge in [-0.15, -0.1) is 0 Å². The van der Waals surface area contributed by atoms with Crippen molar-refractivity contribution in [2.24, 2.45) is 14.1 Å². The second-order valence-electron chi connectivity index (χ2n) is 6.06. The zero-order valence-corrected chi connectivity index (χ0v) is 16.1. The van der Waals surface area contributed by atoms with Gasteiger partial charge in [0.25, 0.3) is 15.6 Å². The van der Waals surface area contributed by atoms with E-state index in [1.807, 2.05) is 0 Å². The first-order valence-corrected chi connectivity index (χ1v) is 9.55. The molecule has 0 aliphatic rings. The molecule has 0 spiro atoms. The molecule has 10 heteroatoms. The fraction of sp³-hybridized carbons (Fsp3) is 0.167. The number of carbonyl (C=O) groups is 1. The summed E-state index contributed by atoms with van der Waals surface area (Å²) in [4.78, 5) is 35.7. The van der Waals surface area contributed by atoms with Crippen LogP contribution in [0.5, 0.6) is 0 Å². The van der Waals surface area contributed by atoms with Crippen molar-refractivity contribution in [1.82, 2.24) is 9.13 Å². The van der Waals surface area contributed by atoms with Crippen molar-refractivity contribution in [2.45, 2.75) is 4.90 Å². The third-order valence-corrected chi connectivity index (χ3v) is 5.69. The first-order valence-electron chi connectivity index (χ1n) is 8.06. The van der Waals surface area contributed by atoms with Gasteiger partial charge >= 0.3 is 11.7 Å². The average Bonchev–Trinajstić information content (AvgIpc) is 2.69. The Morgan fingerprint density at radius 2 is 1.64 bits per heavy atom. The molecule has 9 nitrogen and oxygen atoms in total. The first-order chi connectivity index (χ1) is 13.2. The van der Waals surface area contributed by atoms with E-state index in [4.69, 9.17) is 0 Å². The molecule has 3 aromatic rings. The van der Waals surface area contributed by atoms with E-state index in [0.29, 0.717) is 5.52 Å². The maximum absolute atomic E-state index is 12.7. The standard InChI is InChI=1S/C18H17N3O6S/c1-20-15-9-8-13(10-14(15)16(22)21(2)18(20)24)28(25,26)19-12-6-4-11(5-7-12)17(23)27-3/h4-10,19H,1-3H3. The summed E-state index contributed by atoms with van der Waals surface area (Å²) in [6.45, 7) is 0. The Balaban J connectivity index is 2.02. The molecule has 2 aromatic carbocycles. The van der Waals surface area contributed by atoms with E-state index < -0.39 is 27.2 Å². The highest BCUT2D eigenvalue weighted by molar-refractivity contribution is 7.92. The lowest BCUT2D eigenvalue weighted by molar-refractivity contribution is 0.0601. The van der Waals surface area contributed by atoms with Crippen LogP contribution in [0.1, 0.15) is 10.4 Å². The maximum atomic E-state index is 12.7. The molecule has 1 heterocycles. The Morgan fingerprint density at radius 3 is 2.25 bits per heavy atom. The van der Waals surface area contributed by atoms with Crippen molar-refractivity contribution in [2.75, 3.05) is 11.8 Å². The van der Waals surface area contributed by atoms with E-state index in [9.17, 15) is 22.8 Å². The number of fused-ring (bicyclic) bond motifs is 1. The van der Waals surface area contributed by atoms with Gasteiger partial charge in [0.1, 0.15) is 0 Å². The van der Waals surface area contributed by atoms with Crippen molar-refractivity contribution in [3.8, 4) is 0 Å². The van der Waals surface area contributed by atoms with Gasteiger partial charge in [-0.2, -0.15) is 0 Å². The number of esters is 1. The number of rotatable bonds is 4. The first kappa shape index (κ1) is 19.4. The molecule has 0 saturated heterocycles. The summed E-state index contributed by atoms with van der Waals surface area (Å²) < 4.78 is 34.5. The van der Waals surface area contributed by atoms with Crippen LogP contribution in [-0.4, -0.2) is 30.6 Å². The van der Waals surface area contributed by atoms with Crippen LogP contribution in [0.3, 0.4) is 0 Å². The lowest BCUT2D eigenvalue weighted by Gasteiger charge is -2.11. The minimum absolute atomic E-state index is 0.105. The van der Waals surface area contributed by atoms with Gasteiger partial charge in [-0.1, -0.05) is 0 Å². The van der Waals surface area contributed by atoms with E-state index in [-0.39, 0.29) is 21.5 Å². The van der Waals surface area contributed by atoms with Gasteiger partial charge in [-0.3, -0.25) is 18.7 Å². The summed E-state index contributed by atoms with van der Waals surface area (Å²) in [5, 5.41) is 0.105. The smallest absolute Gasteiger partial charge is 0.337 e. The van der Waals surface area contributed by atoms with Gasteiger partial charge in [-0.25, -0.2) is 18.0 Å². The van der Waals surface area contributed by atoms with Gasteiger partial charge in [0.15, 0.2) is 0 Å².